The first-order valence-electron chi connectivity index (χ1n) is 8.76. The average Bonchev–Trinajstić information content (AvgIpc) is 2.72. The molecular weight excluding hydrogens is 338 g/mol. The van der Waals surface area contributed by atoms with Crippen LogP contribution in [0.25, 0.3) is 21.8 Å². The summed E-state index contributed by atoms with van der Waals surface area (Å²) in [6, 6.07) is 17.8. The summed E-state index contributed by atoms with van der Waals surface area (Å²) in [7, 11) is 1.36. The van der Waals surface area contributed by atoms with E-state index in [0.717, 1.165) is 29.2 Å². The van der Waals surface area contributed by atoms with E-state index in [0.29, 0.717) is 22.4 Å². The van der Waals surface area contributed by atoms with Crippen molar-refractivity contribution in [2.45, 2.75) is 12.8 Å². The van der Waals surface area contributed by atoms with Crippen LogP contribution in [0.15, 0.2) is 60.8 Å². The number of fused-ring (bicyclic) bond motifs is 3. The van der Waals surface area contributed by atoms with Gasteiger partial charge in [0, 0.05) is 17.0 Å². The fourth-order valence-corrected chi connectivity index (χ4v) is 3.27. The molecule has 134 valence electrons. The van der Waals surface area contributed by atoms with Gasteiger partial charge < -0.3 is 10.5 Å². The fraction of sp³-hybridized carbons (Fsp3) is 0.136. The first-order valence-corrected chi connectivity index (χ1v) is 8.76. The quantitative estimate of drug-likeness (QED) is 0.442. The van der Waals surface area contributed by atoms with Crippen molar-refractivity contribution in [3.8, 4) is 0 Å². The van der Waals surface area contributed by atoms with E-state index in [1.54, 1.807) is 12.1 Å². The third-order valence-corrected chi connectivity index (χ3v) is 4.68. The van der Waals surface area contributed by atoms with Gasteiger partial charge in [-0.3, -0.25) is 4.98 Å². The number of nitrogen functional groups attached to an aromatic ring is 1. The molecule has 0 saturated heterocycles. The van der Waals surface area contributed by atoms with Gasteiger partial charge in [-0.2, -0.15) is 0 Å². The number of benzene rings is 2. The monoisotopic (exact) mass is 357 g/mol. The Kier molecular flexibility index (Phi) is 4.42. The number of carbonyl (C=O) groups is 1. The van der Waals surface area contributed by atoms with Gasteiger partial charge in [0.15, 0.2) is 5.82 Å². The maximum atomic E-state index is 11.8. The molecule has 0 unspecified atom stereocenters. The van der Waals surface area contributed by atoms with Crippen molar-refractivity contribution in [2.75, 3.05) is 12.8 Å². The largest absolute Gasteiger partial charge is 0.465 e. The summed E-state index contributed by atoms with van der Waals surface area (Å²) in [5.41, 5.74) is 10.3. The van der Waals surface area contributed by atoms with E-state index in [9.17, 15) is 4.79 Å². The lowest BCUT2D eigenvalue weighted by molar-refractivity contribution is 0.0601. The van der Waals surface area contributed by atoms with Crippen molar-refractivity contribution in [2.24, 2.45) is 0 Å². The van der Waals surface area contributed by atoms with Crippen molar-refractivity contribution in [1.29, 1.82) is 0 Å². The first kappa shape index (κ1) is 17.0. The predicted molar refractivity (Wildman–Crippen MR) is 107 cm³/mol. The van der Waals surface area contributed by atoms with Gasteiger partial charge in [0.2, 0.25) is 0 Å². The van der Waals surface area contributed by atoms with Gasteiger partial charge >= 0.3 is 5.97 Å². The molecule has 2 aromatic heterocycles. The second-order valence-corrected chi connectivity index (χ2v) is 6.45. The Morgan fingerprint density at radius 1 is 1.00 bits per heavy atom. The number of ether oxygens (including phenoxy) is 1. The Labute approximate surface area is 156 Å². The molecule has 4 rings (SSSR count). The molecule has 0 spiro atoms. The molecule has 0 radical (unpaired) electrons. The van der Waals surface area contributed by atoms with Crippen molar-refractivity contribution >= 4 is 33.6 Å². The standard InChI is InChI=1S/C22H19N3O2/c1-27-22(26)16-9-10-17-18-11-15(8-7-14-5-3-2-4-6-14)13-24-20(18)21(23)25-19(17)12-16/h2-6,9-13H,7-8H2,1H3,(H2,23,25). The van der Waals surface area contributed by atoms with E-state index in [-0.39, 0.29) is 0 Å². The Balaban J connectivity index is 1.76. The van der Waals surface area contributed by atoms with Crippen LogP contribution < -0.4 is 5.73 Å². The highest BCUT2D eigenvalue weighted by molar-refractivity contribution is 6.09. The molecule has 5 heteroatoms. The van der Waals surface area contributed by atoms with E-state index < -0.39 is 5.97 Å². The summed E-state index contributed by atoms with van der Waals surface area (Å²) in [6.45, 7) is 0. The van der Waals surface area contributed by atoms with Gasteiger partial charge in [-0.1, -0.05) is 36.4 Å². The molecule has 4 aromatic rings. The zero-order valence-corrected chi connectivity index (χ0v) is 15.0. The lowest BCUT2D eigenvalue weighted by Gasteiger charge is -2.09. The average molecular weight is 357 g/mol. The van der Waals surface area contributed by atoms with Crippen LogP contribution in [0.2, 0.25) is 0 Å². The minimum Gasteiger partial charge on any atom is -0.465 e. The summed E-state index contributed by atoms with van der Waals surface area (Å²) >= 11 is 0. The van der Waals surface area contributed by atoms with E-state index in [1.165, 1.54) is 12.7 Å². The van der Waals surface area contributed by atoms with E-state index in [2.05, 4.69) is 28.2 Å². The van der Waals surface area contributed by atoms with Crippen molar-refractivity contribution in [3.05, 3.63) is 77.5 Å². The number of rotatable bonds is 4. The Morgan fingerprint density at radius 2 is 1.78 bits per heavy atom. The number of esters is 1. The number of hydrogen-bond donors (Lipinski definition) is 1. The number of methoxy groups -OCH3 is 1. The fourth-order valence-electron chi connectivity index (χ4n) is 3.27. The summed E-state index contributed by atoms with van der Waals surface area (Å²) in [5, 5.41) is 1.86. The predicted octanol–water partition coefficient (Wildman–Crippen LogP) is 3.94. The molecule has 2 aromatic carbocycles. The molecule has 0 bridgehead atoms. The lowest BCUT2D eigenvalue weighted by Crippen LogP contribution is -2.02. The van der Waals surface area contributed by atoms with Crippen molar-refractivity contribution in [1.82, 2.24) is 9.97 Å². The normalized spacial score (nSPS) is 11.0. The van der Waals surface area contributed by atoms with Crippen LogP contribution in [0, 0.1) is 0 Å². The molecule has 27 heavy (non-hydrogen) atoms. The molecule has 0 amide bonds. The second-order valence-electron chi connectivity index (χ2n) is 6.45. The maximum absolute atomic E-state index is 11.8. The van der Waals surface area contributed by atoms with Crippen LogP contribution in [0.3, 0.4) is 0 Å². The van der Waals surface area contributed by atoms with Gasteiger partial charge in [0.25, 0.3) is 0 Å². The number of pyridine rings is 2. The molecular formula is C22H19N3O2. The summed E-state index contributed by atoms with van der Waals surface area (Å²) in [6.07, 6.45) is 3.69. The Bertz CT molecular complexity index is 1140. The Morgan fingerprint density at radius 3 is 2.56 bits per heavy atom. The van der Waals surface area contributed by atoms with Gasteiger partial charge in [-0.05, 0) is 42.2 Å². The lowest BCUT2D eigenvalue weighted by atomic mass is 10.0. The third kappa shape index (κ3) is 3.31. The van der Waals surface area contributed by atoms with Crippen LogP contribution in [-0.4, -0.2) is 23.0 Å². The second kappa shape index (κ2) is 7.03. The maximum Gasteiger partial charge on any atom is 0.337 e. The number of hydrogen-bond acceptors (Lipinski definition) is 5. The summed E-state index contributed by atoms with van der Waals surface area (Å²) in [4.78, 5) is 20.7. The number of aromatic nitrogens is 2. The molecule has 0 aliphatic carbocycles. The van der Waals surface area contributed by atoms with Crippen LogP contribution >= 0.6 is 0 Å². The molecule has 5 nitrogen and oxygen atoms in total. The van der Waals surface area contributed by atoms with Gasteiger partial charge in [-0.15, -0.1) is 0 Å². The molecule has 0 aliphatic rings. The van der Waals surface area contributed by atoms with E-state index >= 15 is 0 Å². The van der Waals surface area contributed by atoms with E-state index in [1.807, 2.05) is 30.5 Å². The molecule has 2 N–H and O–H groups in total. The van der Waals surface area contributed by atoms with Crippen LogP contribution in [0.4, 0.5) is 5.82 Å². The van der Waals surface area contributed by atoms with E-state index in [4.69, 9.17) is 10.5 Å². The topological polar surface area (TPSA) is 78.1 Å². The number of carbonyl (C=O) groups excluding carboxylic acids is 1. The SMILES string of the molecule is COC(=O)c1ccc2c(c1)nc(N)c1ncc(CCc3ccccc3)cc12. The smallest absolute Gasteiger partial charge is 0.337 e. The van der Waals surface area contributed by atoms with Gasteiger partial charge in [0.1, 0.15) is 5.52 Å². The highest BCUT2D eigenvalue weighted by atomic mass is 16.5. The minimum absolute atomic E-state index is 0.356. The molecule has 0 aliphatic heterocycles. The van der Waals surface area contributed by atoms with Crippen LogP contribution in [-0.2, 0) is 17.6 Å². The number of aryl methyl sites for hydroxylation is 2. The zero-order valence-electron chi connectivity index (χ0n) is 15.0. The van der Waals surface area contributed by atoms with Crippen molar-refractivity contribution < 1.29 is 9.53 Å². The highest BCUT2D eigenvalue weighted by Crippen LogP contribution is 2.28. The molecule has 0 atom stereocenters. The summed E-state index contributed by atoms with van der Waals surface area (Å²) in [5.74, 6) is -0.0405. The summed E-state index contributed by atoms with van der Waals surface area (Å²) < 4.78 is 4.79. The molecule has 0 saturated carbocycles. The first-order chi connectivity index (χ1) is 13.2. The minimum atomic E-state index is -0.396. The highest BCUT2D eigenvalue weighted by Gasteiger charge is 2.12. The third-order valence-electron chi connectivity index (χ3n) is 4.68. The molecule has 0 fully saturated rings. The van der Waals surface area contributed by atoms with Crippen LogP contribution in [0.5, 0.6) is 0 Å². The number of anilines is 1. The van der Waals surface area contributed by atoms with Crippen LogP contribution in [0.1, 0.15) is 21.5 Å². The zero-order chi connectivity index (χ0) is 18.8. The van der Waals surface area contributed by atoms with Gasteiger partial charge in [0.05, 0.1) is 18.2 Å². The number of nitrogens with zero attached hydrogens (tertiary/aromatic N) is 2. The van der Waals surface area contributed by atoms with Gasteiger partial charge in [-0.25, -0.2) is 9.78 Å². The number of nitrogens with two attached hydrogens (primary N) is 1. The Hall–Kier alpha value is -3.47. The molecule has 2 heterocycles. The van der Waals surface area contributed by atoms with Crippen molar-refractivity contribution in [3.63, 3.8) is 0 Å².